The summed E-state index contributed by atoms with van der Waals surface area (Å²) >= 11 is 5.79. The van der Waals surface area contributed by atoms with Crippen LogP contribution in [0.2, 0.25) is 5.02 Å². The molecule has 1 N–H and O–H groups in total. The molecule has 1 heterocycles. The average Bonchev–Trinajstić information content (AvgIpc) is 3.15. The van der Waals surface area contributed by atoms with Crippen LogP contribution in [0.15, 0.2) is 53.1 Å². The maximum absolute atomic E-state index is 11.8. The van der Waals surface area contributed by atoms with Gasteiger partial charge in [0, 0.05) is 10.6 Å². The fraction of sp³-hybridized carbons (Fsp3) is 0.167. The molecule has 0 saturated carbocycles. The molecule has 0 radical (unpaired) electrons. The van der Waals surface area contributed by atoms with E-state index < -0.39 is 0 Å². The lowest BCUT2D eigenvalue weighted by molar-refractivity contribution is -0.123. The zero-order valence-electron chi connectivity index (χ0n) is 13.9. The fourth-order valence-corrected chi connectivity index (χ4v) is 2.21. The second-order valence-electron chi connectivity index (χ2n) is 5.26. The van der Waals surface area contributed by atoms with E-state index in [-0.39, 0.29) is 19.1 Å². The van der Waals surface area contributed by atoms with Crippen LogP contribution in [-0.2, 0) is 11.3 Å². The van der Waals surface area contributed by atoms with Gasteiger partial charge in [0.1, 0.15) is 11.5 Å². The molecule has 134 valence electrons. The van der Waals surface area contributed by atoms with E-state index in [0.717, 1.165) is 11.3 Å². The molecule has 1 amide bonds. The number of carbonyl (C=O) groups is 1. The number of methoxy groups -OCH3 is 1. The van der Waals surface area contributed by atoms with Crippen LogP contribution in [0.25, 0.3) is 11.5 Å². The molecule has 3 rings (SSSR count). The number of nitrogens with one attached hydrogen (secondary N) is 1. The molecule has 0 spiro atoms. The maximum atomic E-state index is 11.8. The number of amides is 1. The Bertz CT molecular complexity index is 863. The summed E-state index contributed by atoms with van der Waals surface area (Å²) in [6, 6.07) is 14.0. The summed E-state index contributed by atoms with van der Waals surface area (Å²) in [4.78, 5) is 16.1. The van der Waals surface area contributed by atoms with E-state index in [1.165, 1.54) is 0 Å². The Morgan fingerprint density at radius 1 is 1.12 bits per heavy atom. The van der Waals surface area contributed by atoms with Crippen molar-refractivity contribution in [2.45, 2.75) is 6.54 Å². The normalized spacial score (nSPS) is 10.4. The van der Waals surface area contributed by atoms with Gasteiger partial charge in [0.05, 0.1) is 13.7 Å². The number of carbonyl (C=O) groups excluding carboxylic acids is 1. The standard InChI is InChI=1S/C18H16ClN3O4/c1-24-14-6-2-12(3-7-14)18-21-16(22-26-18)10-20-17(23)11-25-15-8-4-13(19)5-9-15/h2-9H,10-11H2,1H3,(H,20,23). The smallest absolute Gasteiger partial charge is 0.258 e. The maximum Gasteiger partial charge on any atom is 0.258 e. The molecular formula is C18H16ClN3O4. The zero-order chi connectivity index (χ0) is 18.4. The molecular weight excluding hydrogens is 358 g/mol. The topological polar surface area (TPSA) is 86.5 Å². The van der Waals surface area contributed by atoms with E-state index in [1.807, 2.05) is 12.1 Å². The van der Waals surface area contributed by atoms with Crippen molar-refractivity contribution >= 4 is 17.5 Å². The summed E-state index contributed by atoms with van der Waals surface area (Å²) < 4.78 is 15.7. The van der Waals surface area contributed by atoms with Crippen LogP contribution in [0.3, 0.4) is 0 Å². The Morgan fingerprint density at radius 2 is 1.81 bits per heavy atom. The van der Waals surface area contributed by atoms with E-state index in [9.17, 15) is 4.79 Å². The van der Waals surface area contributed by atoms with Crippen LogP contribution in [0, 0.1) is 0 Å². The quantitative estimate of drug-likeness (QED) is 0.684. The molecule has 8 heteroatoms. The van der Waals surface area contributed by atoms with Crippen LogP contribution >= 0.6 is 11.6 Å². The van der Waals surface area contributed by atoms with Gasteiger partial charge in [0.25, 0.3) is 11.8 Å². The molecule has 2 aromatic carbocycles. The van der Waals surface area contributed by atoms with E-state index in [2.05, 4.69) is 15.5 Å². The fourth-order valence-electron chi connectivity index (χ4n) is 2.08. The first-order valence-corrected chi connectivity index (χ1v) is 8.14. The predicted octanol–water partition coefficient (Wildman–Crippen LogP) is 3.09. The third-order valence-corrected chi connectivity index (χ3v) is 3.68. The van der Waals surface area contributed by atoms with Crippen molar-refractivity contribution in [1.29, 1.82) is 0 Å². The minimum atomic E-state index is -0.296. The molecule has 3 aromatic rings. The number of benzene rings is 2. The molecule has 7 nitrogen and oxygen atoms in total. The van der Waals surface area contributed by atoms with Crippen molar-refractivity contribution < 1.29 is 18.8 Å². The van der Waals surface area contributed by atoms with Gasteiger partial charge in [0.15, 0.2) is 12.4 Å². The van der Waals surface area contributed by atoms with Crippen LogP contribution in [0.4, 0.5) is 0 Å². The molecule has 0 unspecified atom stereocenters. The van der Waals surface area contributed by atoms with Crippen molar-refractivity contribution in [2.75, 3.05) is 13.7 Å². The Labute approximate surface area is 154 Å². The largest absolute Gasteiger partial charge is 0.497 e. The molecule has 0 aliphatic carbocycles. The third kappa shape index (κ3) is 4.73. The first kappa shape index (κ1) is 17.8. The number of nitrogens with zero attached hydrogens (tertiary/aromatic N) is 2. The highest BCUT2D eigenvalue weighted by molar-refractivity contribution is 6.30. The van der Waals surface area contributed by atoms with E-state index in [4.69, 9.17) is 25.6 Å². The molecule has 0 bridgehead atoms. The SMILES string of the molecule is COc1ccc(-c2nc(CNC(=O)COc3ccc(Cl)cc3)no2)cc1. The predicted molar refractivity (Wildman–Crippen MR) is 95.1 cm³/mol. The second kappa shape index (κ2) is 8.35. The first-order valence-electron chi connectivity index (χ1n) is 7.76. The highest BCUT2D eigenvalue weighted by atomic mass is 35.5. The second-order valence-corrected chi connectivity index (χ2v) is 5.70. The van der Waals surface area contributed by atoms with Gasteiger partial charge >= 0.3 is 0 Å². The number of aromatic nitrogens is 2. The monoisotopic (exact) mass is 373 g/mol. The van der Waals surface area contributed by atoms with Crippen molar-refractivity contribution in [1.82, 2.24) is 15.5 Å². The lowest BCUT2D eigenvalue weighted by atomic mass is 10.2. The van der Waals surface area contributed by atoms with Gasteiger partial charge in [-0.05, 0) is 48.5 Å². The lowest BCUT2D eigenvalue weighted by Gasteiger charge is -2.06. The van der Waals surface area contributed by atoms with E-state index >= 15 is 0 Å². The van der Waals surface area contributed by atoms with Gasteiger partial charge in [-0.2, -0.15) is 4.98 Å². The number of halogens is 1. The van der Waals surface area contributed by atoms with Crippen LogP contribution in [-0.4, -0.2) is 29.8 Å². The van der Waals surface area contributed by atoms with Crippen molar-refractivity contribution in [3.8, 4) is 23.0 Å². The first-order chi connectivity index (χ1) is 12.6. The molecule has 0 saturated heterocycles. The molecule has 0 fully saturated rings. The Hall–Kier alpha value is -3.06. The van der Waals surface area contributed by atoms with Gasteiger partial charge in [-0.1, -0.05) is 16.8 Å². The summed E-state index contributed by atoms with van der Waals surface area (Å²) in [7, 11) is 1.60. The van der Waals surface area contributed by atoms with Gasteiger partial charge in [0.2, 0.25) is 0 Å². The summed E-state index contributed by atoms with van der Waals surface area (Å²) in [5.41, 5.74) is 0.766. The van der Waals surface area contributed by atoms with Crippen LogP contribution in [0.1, 0.15) is 5.82 Å². The van der Waals surface area contributed by atoms with Gasteiger partial charge in [-0.3, -0.25) is 4.79 Å². The average molecular weight is 374 g/mol. The van der Waals surface area contributed by atoms with Crippen LogP contribution in [0.5, 0.6) is 11.5 Å². The zero-order valence-corrected chi connectivity index (χ0v) is 14.7. The van der Waals surface area contributed by atoms with E-state index in [0.29, 0.717) is 22.5 Å². The number of hydrogen-bond acceptors (Lipinski definition) is 6. The van der Waals surface area contributed by atoms with E-state index in [1.54, 1.807) is 43.5 Å². The summed E-state index contributed by atoms with van der Waals surface area (Å²) in [5.74, 6) is 1.74. The Balaban J connectivity index is 1.49. The third-order valence-electron chi connectivity index (χ3n) is 3.43. The number of ether oxygens (including phenoxy) is 2. The summed E-state index contributed by atoms with van der Waals surface area (Å²) in [6.07, 6.45) is 0. The minimum Gasteiger partial charge on any atom is -0.497 e. The Morgan fingerprint density at radius 3 is 2.50 bits per heavy atom. The minimum absolute atomic E-state index is 0.120. The van der Waals surface area contributed by atoms with Gasteiger partial charge < -0.3 is 19.3 Å². The highest BCUT2D eigenvalue weighted by Crippen LogP contribution is 2.20. The molecule has 1 aromatic heterocycles. The molecule has 0 aliphatic heterocycles. The highest BCUT2D eigenvalue weighted by Gasteiger charge is 2.10. The van der Waals surface area contributed by atoms with Gasteiger partial charge in [-0.25, -0.2) is 0 Å². The lowest BCUT2D eigenvalue weighted by Crippen LogP contribution is -2.28. The number of rotatable bonds is 7. The Kier molecular flexibility index (Phi) is 5.70. The molecule has 0 aliphatic rings. The molecule has 0 atom stereocenters. The molecule has 26 heavy (non-hydrogen) atoms. The number of hydrogen-bond donors (Lipinski definition) is 1. The van der Waals surface area contributed by atoms with Gasteiger partial charge in [-0.15, -0.1) is 0 Å². The van der Waals surface area contributed by atoms with Crippen molar-refractivity contribution in [3.05, 3.63) is 59.4 Å². The van der Waals surface area contributed by atoms with Crippen molar-refractivity contribution in [3.63, 3.8) is 0 Å². The summed E-state index contributed by atoms with van der Waals surface area (Å²) in [6.45, 7) is 0.0211. The van der Waals surface area contributed by atoms with Crippen molar-refractivity contribution in [2.24, 2.45) is 0 Å². The summed E-state index contributed by atoms with van der Waals surface area (Å²) in [5, 5.41) is 7.12. The van der Waals surface area contributed by atoms with Crippen LogP contribution < -0.4 is 14.8 Å².